The van der Waals surface area contributed by atoms with E-state index in [9.17, 15) is 4.79 Å². The van der Waals surface area contributed by atoms with Crippen molar-refractivity contribution in [2.45, 2.75) is 19.4 Å². The highest BCUT2D eigenvalue weighted by Crippen LogP contribution is 2.19. The number of methoxy groups -OCH3 is 1. The molecule has 1 amide bonds. The molecule has 2 rings (SSSR count). The van der Waals surface area contributed by atoms with Crippen LogP contribution in [0, 0.1) is 0 Å². The normalized spacial score (nSPS) is 10.3. The summed E-state index contributed by atoms with van der Waals surface area (Å²) in [5.41, 5.74) is 2.19. The Balaban J connectivity index is 1.90. The van der Waals surface area contributed by atoms with Gasteiger partial charge in [0.15, 0.2) is 0 Å². The predicted molar refractivity (Wildman–Crippen MR) is 91.9 cm³/mol. The summed E-state index contributed by atoms with van der Waals surface area (Å²) >= 11 is 3.41. The summed E-state index contributed by atoms with van der Waals surface area (Å²) < 4.78 is 6.36. The van der Waals surface area contributed by atoms with E-state index in [0.29, 0.717) is 19.4 Å². The van der Waals surface area contributed by atoms with Crippen molar-refractivity contribution in [1.29, 1.82) is 0 Å². The van der Waals surface area contributed by atoms with Crippen LogP contribution in [0.2, 0.25) is 0 Å². The molecule has 2 aromatic rings. The lowest BCUT2D eigenvalue weighted by atomic mass is 10.1. The first-order valence-corrected chi connectivity index (χ1v) is 7.99. The second kappa shape index (κ2) is 7.99. The average Bonchev–Trinajstić information content (AvgIpc) is 2.54. The van der Waals surface area contributed by atoms with E-state index in [0.717, 1.165) is 21.3 Å². The number of para-hydroxylation sites is 1. The largest absolute Gasteiger partial charge is 0.496 e. The molecule has 0 aliphatic carbocycles. The van der Waals surface area contributed by atoms with E-state index in [4.69, 9.17) is 4.74 Å². The van der Waals surface area contributed by atoms with E-state index in [-0.39, 0.29) is 5.91 Å². The molecule has 0 aliphatic rings. The summed E-state index contributed by atoms with van der Waals surface area (Å²) in [7, 11) is 3.49. The molecule has 116 valence electrons. The number of carbonyl (C=O) groups excluding carboxylic acids is 1. The SMILES string of the molecule is COc1ccccc1CCC(=O)N(C)Cc1ccc(Br)cc1. The molecule has 2 aromatic carbocycles. The summed E-state index contributed by atoms with van der Waals surface area (Å²) in [5, 5.41) is 0. The highest BCUT2D eigenvalue weighted by Gasteiger charge is 2.11. The van der Waals surface area contributed by atoms with Crippen molar-refractivity contribution in [3.05, 3.63) is 64.1 Å². The van der Waals surface area contributed by atoms with Gasteiger partial charge in [-0.05, 0) is 35.7 Å². The molecule has 0 spiro atoms. The molecule has 0 heterocycles. The number of nitrogens with zero attached hydrogens (tertiary/aromatic N) is 1. The molecule has 4 heteroatoms. The Morgan fingerprint density at radius 3 is 2.50 bits per heavy atom. The highest BCUT2D eigenvalue weighted by atomic mass is 79.9. The maximum atomic E-state index is 12.3. The summed E-state index contributed by atoms with van der Waals surface area (Å²) in [6, 6.07) is 15.8. The van der Waals surface area contributed by atoms with E-state index in [1.807, 2.05) is 55.6 Å². The molecular weight excluding hydrogens is 342 g/mol. The number of hydrogen-bond acceptors (Lipinski definition) is 2. The Morgan fingerprint density at radius 2 is 1.82 bits per heavy atom. The minimum Gasteiger partial charge on any atom is -0.496 e. The number of hydrogen-bond donors (Lipinski definition) is 0. The minimum absolute atomic E-state index is 0.133. The smallest absolute Gasteiger partial charge is 0.222 e. The molecule has 0 saturated heterocycles. The minimum atomic E-state index is 0.133. The van der Waals surface area contributed by atoms with Gasteiger partial charge in [0.25, 0.3) is 0 Å². The van der Waals surface area contributed by atoms with Crippen LogP contribution < -0.4 is 4.74 Å². The number of aryl methyl sites for hydroxylation is 1. The monoisotopic (exact) mass is 361 g/mol. The van der Waals surface area contributed by atoms with Crippen molar-refractivity contribution in [3.8, 4) is 5.75 Å². The van der Waals surface area contributed by atoms with Crippen LogP contribution in [0.3, 0.4) is 0 Å². The first-order valence-electron chi connectivity index (χ1n) is 7.20. The number of benzene rings is 2. The third-order valence-corrected chi connectivity index (χ3v) is 4.09. The van der Waals surface area contributed by atoms with Gasteiger partial charge >= 0.3 is 0 Å². The molecule has 0 radical (unpaired) electrons. The van der Waals surface area contributed by atoms with Crippen LogP contribution in [0.25, 0.3) is 0 Å². The molecule has 0 unspecified atom stereocenters. The lowest BCUT2D eigenvalue weighted by molar-refractivity contribution is -0.130. The molecule has 0 saturated carbocycles. The topological polar surface area (TPSA) is 29.5 Å². The molecule has 0 atom stereocenters. The first-order chi connectivity index (χ1) is 10.6. The fourth-order valence-electron chi connectivity index (χ4n) is 2.29. The number of carbonyl (C=O) groups is 1. The van der Waals surface area contributed by atoms with E-state index in [2.05, 4.69) is 15.9 Å². The Kier molecular flexibility index (Phi) is 6.01. The van der Waals surface area contributed by atoms with Gasteiger partial charge in [-0.3, -0.25) is 4.79 Å². The second-order valence-electron chi connectivity index (χ2n) is 5.19. The maximum Gasteiger partial charge on any atom is 0.222 e. The molecule has 3 nitrogen and oxygen atoms in total. The fraction of sp³-hybridized carbons (Fsp3) is 0.278. The number of ether oxygens (including phenoxy) is 1. The molecule has 0 fully saturated rings. The average molecular weight is 362 g/mol. The number of halogens is 1. The van der Waals surface area contributed by atoms with Gasteiger partial charge in [-0.15, -0.1) is 0 Å². The summed E-state index contributed by atoms with van der Waals surface area (Å²) in [6.45, 7) is 0.623. The standard InChI is InChI=1S/C18H20BrNO2/c1-20(13-14-7-10-16(19)11-8-14)18(21)12-9-15-5-3-4-6-17(15)22-2/h3-8,10-11H,9,12-13H2,1-2H3. The van der Waals surface area contributed by atoms with Crippen LogP contribution in [0.5, 0.6) is 5.75 Å². The van der Waals surface area contributed by atoms with E-state index >= 15 is 0 Å². The molecular formula is C18H20BrNO2. The Bertz CT molecular complexity index is 625. The van der Waals surface area contributed by atoms with E-state index in [1.54, 1.807) is 12.0 Å². The summed E-state index contributed by atoms with van der Waals surface area (Å²) in [5.74, 6) is 0.972. The number of rotatable bonds is 6. The van der Waals surface area contributed by atoms with Gasteiger partial charge in [0.1, 0.15) is 5.75 Å². The van der Waals surface area contributed by atoms with Crippen LogP contribution >= 0.6 is 15.9 Å². The van der Waals surface area contributed by atoms with Gasteiger partial charge in [0.2, 0.25) is 5.91 Å². The van der Waals surface area contributed by atoms with Crippen molar-refractivity contribution in [2.75, 3.05) is 14.2 Å². The molecule has 22 heavy (non-hydrogen) atoms. The zero-order valence-electron chi connectivity index (χ0n) is 12.9. The third kappa shape index (κ3) is 4.60. The summed E-state index contributed by atoms with van der Waals surface area (Å²) in [6.07, 6.45) is 1.17. The predicted octanol–water partition coefficient (Wildman–Crippen LogP) is 4.05. The lowest BCUT2D eigenvalue weighted by Gasteiger charge is -2.17. The highest BCUT2D eigenvalue weighted by molar-refractivity contribution is 9.10. The van der Waals surface area contributed by atoms with Crippen molar-refractivity contribution in [2.24, 2.45) is 0 Å². The van der Waals surface area contributed by atoms with Crippen molar-refractivity contribution >= 4 is 21.8 Å². The van der Waals surface area contributed by atoms with Gasteiger partial charge in [0.05, 0.1) is 7.11 Å². The Hall–Kier alpha value is -1.81. The summed E-state index contributed by atoms with van der Waals surface area (Å²) in [4.78, 5) is 14.0. The number of amides is 1. The molecule has 0 aliphatic heterocycles. The van der Waals surface area contributed by atoms with Gasteiger partial charge in [-0.25, -0.2) is 0 Å². The Morgan fingerprint density at radius 1 is 1.14 bits per heavy atom. The van der Waals surface area contributed by atoms with Gasteiger partial charge < -0.3 is 9.64 Å². The van der Waals surface area contributed by atoms with Gasteiger partial charge in [-0.1, -0.05) is 46.3 Å². The van der Waals surface area contributed by atoms with Crippen molar-refractivity contribution in [3.63, 3.8) is 0 Å². The molecule has 0 aromatic heterocycles. The maximum absolute atomic E-state index is 12.3. The zero-order chi connectivity index (χ0) is 15.9. The van der Waals surface area contributed by atoms with Crippen LogP contribution in [0.1, 0.15) is 17.5 Å². The van der Waals surface area contributed by atoms with Crippen molar-refractivity contribution in [1.82, 2.24) is 4.90 Å². The fourth-order valence-corrected chi connectivity index (χ4v) is 2.56. The molecule has 0 bridgehead atoms. The van der Waals surface area contributed by atoms with Gasteiger partial charge in [0, 0.05) is 24.5 Å². The third-order valence-electron chi connectivity index (χ3n) is 3.56. The van der Waals surface area contributed by atoms with E-state index < -0.39 is 0 Å². The van der Waals surface area contributed by atoms with E-state index in [1.165, 1.54) is 0 Å². The molecule has 0 N–H and O–H groups in total. The van der Waals surface area contributed by atoms with Crippen LogP contribution in [0.4, 0.5) is 0 Å². The van der Waals surface area contributed by atoms with Gasteiger partial charge in [-0.2, -0.15) is 0 Å². The first kappa shape index (κ1) is 16.6. The quantitative estimate of drug-likeness (QED) is 0.776. The zero-order valence-corrected chi connectivity index (χ0v) is 14.5. The lowest BCUT2D eigenvalue weighted by Crippen LogP contribution is -2.26. The Labute approximate surface area is 140 Å². The van der Waals surface area contributed by atoms with Crippen molar-refractivity contribution < 1.29 is 9.53 Å². The van der Waals surface area contributed by atoms with Crippen LogP contribution in [0.15, 0.2) is 53.0 Å². The van der Waals surface area contributed by atoms with Crippen LogP contribution in [-0.2, 0) is 17.8 Å². The second-order valence-corrected chi connectivity index (χ2v) is 6.10. The van der Waals surface area contributed by atoms with Crippen LogP contribution in [-0.4, -0.2) is 25.0 Å².